The van der Waals surface area contributed by atoms with Gasteiger partial charge in [0.1, 0.15) is 6.10 Å². The molecule has 1 aromatic heterocycles. The van der Waals surface area contributed by atoms with Crippen LogP contribution in [0.2, 0.25) is 0 Å². The van der Waals surface area contributed by atoms with Crippen LogP contribution >= 0.6 is 0 Å². The number of carbonyl (C=O) groups excluding carboxylic acids is 1. The van der Waals surface area contributed by atoms with E-state index in [1.165, 1.54) is 12.8 Å². The second-order valence-corrected chi connectivity index (χ2v) is 7.12. The zero-order chi connectivity index (χ0) is 15.8. The smallest absolute Gasteiger partial charge is 0.249 e. The summed E-state index contributed by atoms with van der Waals surface area (Å²) in [5, 5.41) is 11.4. The first kappa shape index (κ1) is 14.9. The van der Waals surface area contributed by atoms with Crippen molar-refractivity contribution in [2.45, 2.75) is 44.8 Å². The molecule has 1 aromatic rings. The van der Waals surface area contributed by atoms with Gasteiger partial charge < -0.3 is 15.0 Å². The third kappa shape index (κ3) is 3.32. The van der Waals surface area contributed by atoms with Gasteiger partial charge in [0.15, 0.2) is 5.82 Å². The van der Waals surface area contributed by atoms with E-state index in [9.17, 15) is 4.79 Å². The van der Waals surface area contributed by atoms with Gasteiger partial charge in [-0.15, -0.1) is 5.10 Å². The molecule has 0 radical (unpaired) electrons. The average Bonchev–Trinajstić information content (AvgIpc) is 3.29. The van der Waals surface area contributed by atoms with E-state index in [-0.39, 0.29) is 18.1 Å². The van der Waals surface area contributed by atoms with E-state index >= 15 is 0 Å². The van der Waals surface area contributed by atoms with E-state index in [4.69, 9.17) is 4.74 Å². The third-order valence-corrected chi connectivity index (χ3v) is 5.21. The van der Waals surface area contributed by atoms with Gasteiger partial charge in [-0.1, -0.05) is 0 Å². The highest BCUT2D eigenvalue weighted by Gasteiger charge is 2.42. The second kappa shape index (κ2) is 6.07. The van der Waals surface area contributed by atoms with Crippen LogP contribution in [0.25, 0.3) is 0 Å². The standard InChI is InChI=1S/C17H24N4O2/c1-11-2-5-16(20-19-11)21-7-6-13-8-14(23-15(13)10-21)17(22)18-9-12-3-4-12/h2,5,12-15H,3-4,6-10H2,1H3,(H,18,22)/t13-,14+,15+/m0/s1. The highest BCUT2D eigenvalue weighted by molar-refractivity contribution is 5.81. The van der Waals surface area contributed by atoms with Crippen LogP contribution < -0.4 is 10.2 Å². The summed E-state index contributed by atoms with van der Waals surface area (Å²) in [7, 11) is 0. The SMILES string of the molecule is Cc1ccc(N2CC[C@H]3C[C@H](C(=O)NCC4CC4)O[C@@H]3C2)nn1. The molecule has 1 N–H and O–H groups in total. The molecule has 6 nitrogen and oxygen atoms in total. The quantitative estimate of drug-likeness (QED) is 0.907. The fraction of sp³-hybridized carbons (Fsp3) is 0.706. The predicted octanol–water partition coefficient (Wildman–Crippen LogP) is 1.30. The van der Waals surface area contributed by atoms with Crippen LogP contribution in [0.3, 0.4) is 0 Å². The molecular formula is C17H24N4O2. The maximum absolute atomic E-state index is 12.2. The number of rotatable bonds is 4. The molecule has 2 aliphatic heterocycles. The zero-order valence-corrected chi connectivity index (χ0v) is 13.6. The minimum Gasteiger partial charge on any atom is -0.363 e. The molecular weight excluding hydrogens is 292 g/mol. The summed E-state index contributed by atoms with van der Waals surface area (Å²) < 4.78 is 6.05. The largest absolute Gasteiger partial charge is 0.363 e. The molecule has 0 unspecified atom stereocenters. The van der Waals surface area contributed by atoms with Gasteiger partial charge in [0.05, 0.1) is 11.8 Å². The Morgan fingerprint density at radius 1 is 1.35 bits per heavy atom. The van der Waals surface area contributed by atoms with Gasteiger partial charge in [-0.05, 0) is 56.6 Å². The molecule has 124 valence electrons. The summed E-state index contributed by atoms with van der Waals surface area (Å²) in [4.78, 5) is 14.5. The summed E-state index contributed by atoms with van der Waals surface area (Å²) in [6.07, 6.45) is 4.27. The monoisotopic (exact) mass is 316 g/mol. The van der Waals surface area contributed by atoms with Crippen molar-refractivity contribution in [1.82, 2.24) is 15.5 Å². The Morgan fingerprint density at radius 2 is 2.22 bits per heavy atom. The molecule has 3 atom stereocenters. The molecule has 6 heteroatoms. The second-order valence-electron chi connectivity index (χ2n) is 7.12. The van der Waals surface area contributed by atoms with Crippen LogP contribution in [0, 0.1) is 18.8 Å². The van der Waals surface area contributed by atoms with Crippen LogP contribution in [0.4, 0.5) is 5.82 Å². The minimum atomic E-state index is -0.271. The Morgan fingerprint density at radius 3 is 2.96 bits per heavy atom. The van der Waals surface area contributed by atoms with Gasteiger partial charge in [0.2, 0.25) is 5.91 Å². The fourth-order valence-corrected chi connectivity index (χ4v) is 3.55. The van der Waals surface area contributed by atoms with Crippen LogP contribution in [-0.2, 0) is 9.53 Å². The topological polar surface area (TPSA) is 67.4 Å². The molecule has 2 saturated heterocycles. The van der Waals surface area contributed by atoms with E-state index in [0.29, 0.717) is 11.8 Å². The van der Waals surface area contributed by atoms with Crippen molar-refractivity contribution in [3.05, 3.63) is 17.8 Å². The van der Waals surface area contributed by atoms with Crippen molar-refractivity contribution in [2.75, 3.05) is 24.5 Å². The third-order valence-electron chi connectivity index (χ3n) is 5.21. The maximum Gasteiger partial charge on any atom is 0.249 e. The Kier molecular flexibility index (Phi) is 3.93. The zero-order valence-electron chi connectivity index (χ0n) is 13.6. The summed E-state index contributed by atoms with van der Waals surface area (Å²) >= 11 is 0. The molecule has 3 aliphatic rings. The minimum absolute atomic E-state index is 0.0768. The molecule has 1 saturated carbocycles. The number of piperidine rings is 1. The molecule has 3 heterocycles. The predicted molar refractivity (Wildman–Crippen MR) is 86.1 cm³/mol. The normalized spacial score (nSPS) is 30.1. The van der Waals surface area contributed by atoms with Crippen LogP contribution in [-0.4, -0.2) is 47.9 Å². The van der Waals surface area contributed by atoms with Gasteiger partial charge in [-0.3, -0.25) is 4.79 Å². The molecule has 1 aliphatic carbocycles. The summed E-state index contributed by atoms with van der Waals surface area (Å²) in [5.74, 6) is 2.17. The molecule has 1 amide bonds. The van der Waals surface area contributed by atoms with Crippen molar-refractivity contribution >= 4 is 11.7 Å². The van der Waals surface area contributed by atoms with Gasteiger partial charge in [-0.25, -0.2) is 0 Å². The number of hydrogen-bond acceptors (Lipinski definition) is 5. The Balaban J connectivity index is 1.34. The van der Waals surface area contributed by atoms with Crippen molar-refractivity contribution in [2.24, 2.45) is 11.8 Å². The highest BCUT2D eigenvalue weighted by atomic mass is 16.5. The van der Waals surface area contributed by atoms with Gasteiger partial charge in [-0.2, -0.15) is 5.10 Å². The average molecular weight is 316 g/mol. The Hall–Kier alpha value is -1.69. The van der Waals surface area contributed by atoms with Crippen LogP contribution in [0.1, 0.15) is 31.4 Å². The number of amides is 1. The Labute approximate surface area is 136 Å². The number of aromatic nitrogens is 2. The molecule has 0 aromatic carbocycles. The number of ether oxygens (including phenoxy) is 1. The number of carbonyl (C=O) groups is 1. The van der Waals surface area contributed by atoms with E-state index in [2.05, 4.69) is 20.4 Å². The highest BCUT2D eigenvalue weighted by Crippen LogP contribution is 2.34. The number of aryl methyl sites for hydroxylation is 1. The number of fused-ring (bicyclic) bond motifs is 1. The van der Waals surface area contributed by atoms with Crippen molar-refractivity contribution in [3.63, 3.8) is 0 Å². The fourth-order valence-electron chi connectivity index (χ4n) is 3.55. The lowest BCUT2D eigenvalue weighted by molar-refractivity contribution is -0.132. The Bertz CT molecular complexity index is 572. The summed E-state index contributed by atoms with van der Waals surface area (Å²) in [6.45, 7) is 4.51. The van der Waals surface area contributed by atoms with Crippen molar-refractivity contribution < 1.29 is 9.53 Å². The lowest BCUT2D eigenvalue weighted by Crippen LogP contribution is -2.43. The van der Waals surface area contributed by atoms with Crippen LogP contribution in [0.15, 0.2) is 12.1 Å². The van der Waals surface area contributed by atoms with E-state index in [1.807, 2.05) is 19.1 Å². The van der Waals surface area contributed by atoms with Crippen molar-refractivity contribution in [1.29, 1.82) is 0 Å². The first-order chi connectivity index (χ1) is 11.2. The lowest BCUT2D eigenvalue weighted by Gasteiger charge is -2.34. The van der Waals surface area contributed by atoms with E-state index < -0.39 is 0 Å². The molecule has 4 rings (SSSR count). The molecule has 3 fully saturated rings. The maximum atomic E-state index is 12.2. The van der Waals surface area contributed by atoms with Gasteiger partial charge >= 0.3 is 0 Å². The lowest BCUT2D eigenvalue weighted by atomic mass is 9.91. The van der Waals surface area contributed by atoms with Crippen molar-refractivity contribution in [3.8, 4) is 0 Å². The van der Waals surface area contributed by atoms with E-state index in [1.54, 1.807) is 0 Å². The first-order valence-corrected chi connectivity index (χ1v) is 8.67. The van der Waals surface area contributed by atoms with Gasteiger partial charge in [0.25, 0.3) is 0 Å². The number of anilines is 1. The number of nitrogens with zero attached hydrogens (tertiary/aromatic N) is 3. The van der Waals surface area contributed by atoms with Gasteiger partial charge in [0, 0.05) is 19.6 Å². The number of nitrogens with one attached hydrogen (secondary N) is 1. The number of hydrogen-bond donors (Lipinski definition) is 1. The molecule has 0 bridgehead atoms. The summed E-state index contributed by atoms with van der Waals surface area (Å²) in [5.41, 5.74) is 0.924. The van der Waals surface area contributed by atoms with Crippen LogP contribution in [0.5, 0.6) is 0 Å². The molecule has 0 spiro atoms. The first-order valence-electron chi connectivity index (χ1n) is 8.67. The summed E-state index contributed by atoms with van der Waals surface area (Å²) in [6, 6.07) is 4.00. The van der Waals surface area contributed by atoms with E-state index in [0.717, 1.165) is 44.0 Å². The molecule has 23 heavy (non-hydrogen) atoms.